The van der Waals surface area contributed by atoms with Crippen LogP contribution < -0.4 is 0 Å². The van der Waals surface area contributed by atoms with Crippen molar-refractivity contribution in [2.24, 2.45) is 5.92 Å². The molecule has 1 rings (SSSR count). The molecule has 0 aromatic carbocycles. The van der Waals surface area contributed by atoms with E-state index in [9.17, 15) is 14.4 Å². The number of nitrogens with zero attached hydrogens (tertiary/aromatic N) is 1. The van der Waals surface area contributed by atoms with Crippen molar-refractivity contribution in [3.8, 4) is 0 Å². The van der Waals surface area contributed by atoms with Crippen molar-refractivity contribution in [3.63, 3.8) is 0 Å². The van der Waals surface area contributed by atoms with E-state index >= 15 is 0 Å². The minimum absolute atomic E-state index is 0.168. The Bertz CT molecular complexity index is 307. The lowest BCUT2D eigenvalue weighted by molar-refractivity contribution is -0.464. The largest absolute Gasteiger partial charge is 0.335 e. The van der Waals surface area contributed by atoms with Gasteiger partial charge in [0.2, 0.25) is 5.39 Å². The van der Waals surface area contributed by atoms with Crippen molar-refractivity contribution in [2.75, 3.05) is 0 Å². The zero-order valence-corrected chi connectivity index (χ0v) is 10.5. The molecule has 0 heterocycles. The van der Waals surface area contributed by atoms with Gasteiger partial charge in [0.25, 0.3) is 0 Å². The van der Waals surface area contributed by atoms with Crippen molar-refractivity contribution in [1.29, 1.82) is 0 Å². The molecule has 1 saturated carbocycles. The van der Waals surface area contributed by atoms with Gasteiger partial charge in [-0.05, 0) is 12.8 Å². The number of carbonyl (C=O) groups excluding carboxylic acids is 3. The first kappa shape index (κ1) is 14.4. The maximum Gasteiger partial charge on any atom is 0.335 e. The molecule has 7 heteroatoms. The minimum Gasteiger partial charge on any atom is -0.301 e. The Hall–Kier alpha value is -1.63. The van der Waals surface area contributed by atoms with Gasteiger partial charge in [-0.25, -0.2) is 4.79 Å². The Morgan fingerprint density at radius 1 is 0.889 bits per heavy atom. The van der Waals surface area contributed by atoms with Gasteiger partial charge in [0.05, 0.1) is 5.92 Å². The normalized spacial score (nSPS) is 16.2. The molecule has 0 unspecified atom stereocenters. The zero-order valence-electron chi connectivity index (χ0n) is 10.5. The van der Waals surface area contributed by atoms with Gasteiger partial charge in [0, 0.05) is 13.8 Å². The summed E-state index contributed by atoms with van der Waals surface area (Å²) in [6.07, 6.45) is 4.48. The third-order valence-corrected chi connectivity index (χ3v) is 2.51. The molecule has 7 nitrogen and oxygen atoms in total. The van der Waals surface area contributed by atoms with E-state index in [1.54, 1.807) is 0 Å². The highest BCUT2D eigenvalue weighted by Gasteiger charge is 2.27. The van der Waals surface area contributed by atoms with E-state index in [-0.39, 0.29) is 11.3 Å². The monoisotopic (exact) mass is 259 g/mol. The van der Waals surface area contributed by atoms with Crippen LogP contribution in [0.4, 0.5) is 0 Å². The highest BCUT2D eigenvalue weighted by molar-refractivity contribution is 5.72. The Kier molecular flexibility index (Phi) is 5.57. The van der Waals surface area contributed by atoms with E-state index < -0.39 is 17.9 Å². The fourth-order valence-corrected chi connectivity index (χ4v) is 1.75. The molecule has 0 atom stereocenters. The molecule has 0 amide bonds. The van der Waals surface area contributed by atoms with Gasteiger partial charge in [-0.3, -0.25) is 9.59 Å². The average Bonchev–Trinajstić information content (AvgIpc) is 2.28. The van der Waals surface area contributed by atoms with Gasteiger partial charge in [-0.15, -0.1) is 0 Å². The summed E-state index contributed by atoms with van der Waals surface area (Å²) in [5, 5.41) is 0.168. The molecule has 0 spiro atoms. The Morgan fingerprint density at radius 2 is 1.39 bits per heavy atom. The first-order valence-corrected chi connectivity index (χ1v) is 5.88. The number of carbonyl (C=O) groups is 3. The zero-order chi connectivity index (χ0) is 13.5. The number of rotatable bonds is 4. The topological polar surface area (TPSA) is 82.1 Å². The maximum atomic E-state index is 11.7. The van der Waals surface area contributed by atoms with E-state index in [0.29, 0.717) is 0 Å². The van der Waals surface area contributed by atoms with Crippen molar-refractivity contribution in [1.82, 2.24) is 5.39 Å². The van der Waals surface area contributed by atoms with Crippen LogP contribution >= 0.6 is 0 Å². The third kappa shape index (κ3) is 5.13. The van der Waals surface area contributed by atoms with E-state index in [2.05, 4.69) is 9.68 Å². The van der Waals surface area contributed by atoms with E-state index in [0.717, 1.165) is 46.0 Å². The molecule has 18 heavy (non-hydrogen) atoms. The molecule has 0 saturated heterocycles. The quantitative estimate of drug-likeness (QED) is 0.703. The van der Waals surface area contributed by atoms with Crippen LogP contribution in [0.15, 0.2) is 0 Å². The summed E-state index contributed by atoms with van der Waals surface area (Å²) in [5.74, 6) is -2.31. The van der Waals surface area contributed by atoms with Crippen LogP contribution in [0.3, 0.4) is 0 Å². The van der Waals surface area contributed by atoms with Crippen LogP contribution in [-0.2, 0) is 28.9 Å². The molecule has 0 aromatic rings. The van der Waals surface area contributed by atoms with Crippen molar-refractivity contribution in [2.45, 2.75) is 46.0 Å². The van der Waals surface area contributed by atoms with Crippen molar-refractivity contribution >= 4 is 17.9 Å². The minimum atomic E-state index is -0.757. The summed E-state index contributed by atoms with van der Waals surface area (Å²) in [6.45, 7) is 2.20. The molecule has 1 aliphatic carbocycles. The van der Waals surface area contributed by atoms with Crippen LogP contribution in [0.1, 0.15) is 46.0 Å². The first-order valence-electron chi connectivity index (χ1n) is 5.88. The summed E-state index contributed by atoms with van der Waals surface area (Å²) in [7, 11) is 0. The lowest BCUT2D eigenvalue weighted by atomic mass is 9.89. The van der Waals surface area contributed by atoms with Gasteiger partial charge in [-0.2, -0.15) is 0 Å². The number of hydrogen-bond acceptors (Lipinski definition) is 7. The van der Waals surface area contributed by atoms with Gasteiger partial charge >= 0.3 is 17.9 Å². The van der Waals surface area contributed by atoms with Crippen molar-refractivity contribution < 1.29 is 28.9 Å². The molecular weight excluding hydrogens is 242 g/mol. The summed E-state index contributed by atoms with van der Waals surface area (Å²) < 4.78 is 0. The second-order valence-electron chi connectivity index (χ2n) is 4.13. The molecule has 0 aromatic heterocycles. The van der Waals surface area contributed by atoms with E-state index in [1.165, 1.54) is 0 Å². The lowest BCUT2D eigenvalue weighted by Gasteiger charge is -2.22. The molecule has 0 radical (unpaired) electrons. The highest BCUT2D eigenvalue weighted by atomic mass is 17.2. The summed E-state index contributed by atoms with van der Waals surface area (Å²) in [5.41, 5.74) is 0. The second-order valence-corrected chi connectivity index (χ2v) is 4.13. The molecule has 1 aliphatic rings. The SMILES string of the molecule is CC(=O)ON(OC(C)=O)OC(=O)C1CCCCC1. The summed E-state index contributed by atoms with van der Waals surface area (Å²) in [4.78, 5) is 46.8. The molecule has 0 aliphatic heterocycles. The predicted octanol–water partition coefficient (Wildman–Crippen LogP) is 1.28. The van der Waals surface area contributed by atoms with Gasteiger partial charge in [0.15, 0.2) is 0 Å². The molecule has 0 bridgehead atoms. The standard InChI is InChI=1S/C11H17NO6/c1-8(13)16-12(17-9(2)14)18-11(15)10-6-4-3-5-7-10/h10H,3-7H2,1-2H3. The molecule has 1 fully saturated rings. The Labute approximate surface area is 105 Å². The predicted molar refractivity (Wildman–Crippen MR) is 58.0 cm³/mol. The van der Waals surface area contributed by atoms with Gasteiger partial charge in [0.1, 0.15) is 0 Å². The smallest absolute Gasteiger partial charge is 0.301 e. The Balaban J connectivity index is 2.49. The van der Waals surface area contributed by atoms with Gasteiger partial charge < -0.3 is 14.5 Å². The average molecular weight is 259 g/mol. The summed E-state index contributed by atoms with van der Waals surface area (Å²) in [6, 6.07) is 0. The fraction of sp³-hybridized carbons (Fsp3) is 0.727. The highest BCUT2D eigenvalue weighted by Crippen LogP contribution is 2.25. The first-order chi connectivity index (χ1) is 8.49. The molecule has 102 valence electrons. The van der Waals surface area contributed by atoms with Crippen LogP contribution in [0.5, 0.6) is 0 Å². The van der Waals surface area contributed by atoms with Crippen LogP contribution in [-0.4, -0.2) is 23.3 Å². The van der Waals surface area contributed by atoms with E-state index in [4.69, 9.17) is 4.84 Å². The maximum absolute atomic E-state index is 11.7. The lowest BCUT2D eigenvalue weighted by Crippen LogP contribution is -2.34. The third-order valence-electron chi connectivity index (χ3n) is 2.51. The fourth-order valence-electron chi connectivity index (χ4n) is 1.75. The van der Waals surface area contributed by atoms with E-state index in [1.807, 2.05) is 0 Å². The van der Waals surface area contributed by atoms with Crippen LogP contribution in [0, 0.1) is 5.92 Å². The van der Waals surface area contributed by atoms with Crippen molar-refractivity contribution in [3.05, 3.63) is 0 Å². The second kappa shape index (κ2) is 6.95. The Morgan fingerprint density at radius 3 is 1.83 bits per heavy atom. The number of hydrogen-bond donors (Lipinski definition) is 0. The van der Waals surface area contributed by atoms with Crippen LogP contribution in [0.25, 0.3) is 0 Å². The van der Waals surface area contributed by atoms with Gasteiger partial charge in [-0.1, -0.05) is 19.3 Å². The van der Waals surface area contributed by atoms with Crippen LogP contribution in [0.2, 0.25) is 0 Å². The molecule has 0 N–H and O–H groups in total. The summed E-state index contributed by atoms with van der Waals surface area (Å²) >= 11 is 0. The molecular formula is C11H17NO6.